The number of aromatic nitrogens is 2. The molecule has 1 heterocycles. The topological polar surface area (TPSA) is 71.3 Å². The van der Waals surface area contributed by atoms with E-state index >= 15 is 0 Å². The lowest BCUT2D eigenvalue weighted by Gasteiger charge is -2.10. The van der Waals surface area contributed by atoms with Crippen molar-refractivity contribution in [3.05, 3.63) is 71.1 Å². The van der Waals surface area contributed by atoms with E-state index in [2.05, 4.69) is 32.5 Å². The van der Waals surface area contributed by atoms with Crippen LogP contribution in [0.15, 0.2) is 53.1 Å². The van der Waals surface area contributed by atoms with Crippen molar-refractivity contribution in [2.24, 2.45) is 0 Å². The fraction of sp³-hybridized carbons (Fsp3) is 0.318. The van der Waals surface area contributed by atoms with Crippen molar-refractivity contribution < 1.29 is 9.32 Å². The number of benzene rings is 2. The summed E-state index contributed by atoms with van der Waals surface area (Å²) in [7, 11) is 4.09. The van der Waals surface area contributed by atoms with Crippen LogP contribution >= 0.6 is 0 Å². The highest BCUT2D eigenvalue weighted by Crippen LogP contribution is 2.16. The quantitative estimate of drug-likeness (QED) is 0.651. The standard InChI is InChI=1S/C22H26N4O2/c1-16-4-10-19(11-5-16)22-24-21(28-25-22)13-12-20(27)23-14-17-6-8-18(9-7-17)15-26(2)3/h4-11H,12-15H2,1-3H3,(H,23,27). The Morgan fingerprint density at radius 3 is 2.39 bits per heavy atom. The van der Waals surface area contributed by atoms with Crippen molar-refractivity contribution in [1.29, 1.82) is 0 Å². The van der Waals surface area contributed by atoms with Crippen LogP contribution < -0.4 is 5.32 Å². The third-order valence-electron chi connectivity index (χ3n) is 4.36. The Morgan fingerprint density at radius 2 is 1.71 bits per heavy atom. The van der Waals surface area contributed by atoms with Crippen molar-refractivity contribution in [3.8, 4) is 11.4 Å². The summed E-state index contributed by atoms with van der Waals surface area (Å²) in [6, 6.07) is 16.2. The molecule has 0 saturated heterocycles. The van der Waals surface area contributed by atoms with E-state index in [4.69, 9.17) is 4.52 Å². The van der Waals surface area contributed by atoms with Crippen LogP contribution in [0, 0.1) is 6.92 Å². The number of rotatable bonds is 8. The Balaban J connectivity index is 1.45. The molecule has 0 spiro atoms. The molecule has 0 bridgehead atoms. The number of carbonyl (C=O) groups excluding carboxylic acids is 1. The minimum atomic E-state index is -0.0348. The van der Waals surface area contributed by atoms with Crippen LogP contribution in [0.2, 0.25) is 0 Å². The van der Waals surface area contributed by atoms with E-state index in [1.807, 2.05) is 57.4 Å². The molecule has 0 radical (unpaired) electrons. The molecule has 0 atom stereocenters. The van der Waals surface area contributed by atoms with Crippen molar-refractivity contribution in [1.82, 2.24) is 20.4 Å². The zero-order valence-corrected chi connectivity index (χ0v) is 16.6. The van der Waals surface area contributed by atoms with Gasteiger partial charge in [0.05, 0.1) is 0 Å². The summed E-state index contributed by atoms with van der Waals surface area (Å²) < 4.78 is 5.26. The van der Waals surface area contributed by atoms with Crippen LogP contribution in [0.4, 0.5) is 0 Å². The molecule has 3 aromatic rings. The van der Waals surface area contributed by atoms with Crippen LogP contribution in [0.5, 0.6) is 0 Å². The van der Waals surface area contributed by atoms with Gasteiger partial charge >= 0.3 is 0 Å². The first-order valence-corrected chi connectivity index (χ1v) is 9.38. The zero-order chi connectivity index (χ0) is 19.9. The minimum absolute atomic E-state index is 0.0348. The van der Waals surface area contributed by atoms with Crippen molar-refractivity contribution in [2.45, 2.75) is 32.9 Å². The average molecular weight is 378 g/mol. The van der Waals surface area contributed by atoms with Gasteiger partial charge in [0.2, 0.25) is 17.6 Å². The van der Waals surface area contributed by atoms with Gasteiger partial charge in [-0.05, 0) is 32.1 Å². The molecule has 0 aliphatic carbocycles. The monoisotopic (exact) mass is 378 g/mol. The van der Waals surface area contributed by atoms with Gasteiger partial charge in [0.25, 0.3) is 0 Å². The molecule has 6 heteroatoms. The lowest BCUT2D eigenvalue weighted by atomic mass is 10.1. The van der Waals surface area contributed by atoms with Gasteiger partial charge in [0.1, 0.15) is 0 Å². The molecule has 0 aliphatic heterocycles. The van der Waals surface area contributed by atoms with Crippen molar-refractivity contribution >= 4 is 5.91 Å². The van der Waals surface area contributed by atoms with E-state index in [1.165, 1.54) is 11.1 Å². The average Bonchev–Trinajstić information content (AvgIpc) is 3.15. The van der Waals surface area contributed by atoms with E-state index in [9.17, 15) is 4.79 Å². The second-order valence-electron chi connectivity index (χ2n) is 7.21. The molecule has 146 valence electrons. The van der Waals surface area contributed by atoms with Gasteiger partial charge in [0.15, 0.2) is 0 Å². The van der Waals surface area contributed by atoms with Crippen LogP contribution in [0.3, 0.4) is 0 Å². The number of carbonyl (C=O) groups is 1. The van der Waals surface area contributed by atoms with Gasteiger partial charge in [-0.15, -0.1) is 0 Å². The third-order valence-corrected chi connectivity index (χ3v) is 4.36. The van der Waals surface area contributed by atoms with Gasteiger partial charge in [-0.25, -0.2) is 0 Å². The molecule has 3 rings (SSSR count). The Labute approximate surface area is 165 Å². The maximum atomic E-state index is 12.1. The Morgan fingerprint density at radius 1 is 1.04 bits per heavy atom. The fourth-order valence-electron chi connectivity index (χ4n) is 2.81. The van der Waals surface area contributed by atoms with Crippen molar-refractivity contribution in [3.63, 3.8) is 0 Å². The largest absolute Gasteiger partial charge is 0.352 e. The Kier molecular flexibility index (Phi) is 6.55. The molecule has 0 unspecified atom stereocenters. The van der Waals surface area contributed by atoms with E-state index in [0.29, 0.717) is 31.1 Å². The number of amides is 1. The molecular weight excluding hydrogens is 352 g/mol. The molecule has 0 fully saturated rings. The van der Waals surface area contributed by atoms with Gasteiger partial charge in [-0.1, -0.05) is 59.3 Å². The van der Waals surface area contributed by atoms with Crippen LogP contribution in [0.25, 0.3) is 11.4 Å². The van der Waals surface area contributed by atoms with Gasteiger partial charge in [0, 0.05) is 31.5 Å². The SMILES string of the molecule is Cc1ccc(-c2noc(CCC(=O)NCc3ccc(CN(C)C)cc3)n2)cc1. The smallest absolute Gasteiger partial charge is 0.227 e. The first-order chi connectivity index (χ1) is 13.5. The van der Waals surface area contributed by atoms with E-state index in [0.717, 1.165) is 17.7 Å². The summed E-state index contributed by atoms with van der Waals surface area (Å²) >= 11 is 0. The van der Waals surface area contributed by atoms with Crippen LogP contribution in [0.1, 0.15) is 29.0 Å². The lowest BCUT2D eigenvalue weighted by Crippen LogP contribution is -2.23. The maximum Gasteiger partial charge on any atom is 0.227 e. The molecule has 0 aliphatic rings. The molecule has 6 nitrogen and oxygen atoms in total. The number of hydrogen-bond acceptors (Lipinski definition) is 5. The zero-order valence-electron chi connectivity index (χ0n) is 16.6. The minimum Gasteiger partial charge on any atom is -0.352 e. The number of hydrogen-bond donors (Lipinski definition) is 1. The van der Waals surface area contributed by atoms with E-state index in [1.54, 1.807) is 0 Å². The highest BCUT2D eigenvalue weighted by atomic mass is 16.5. The number of nitrogens with zero attached hydrogens (tertiary/aromatic N) is 3. The second kappa shape index (κ2) is 9.28. The summed E-state index contributed by atoms with van der Waals surface area (Å²) in [5.41, 5.74) is 4.41. The Bertz CT molecular complexity index is 899. The molecule has 2 aromatic carbocycles. The van der Waals surface area contributed by atoms with E-state index < -0.39 is 0 Å². The summed E-state index contributed by atoms with van der Waals surface area (Å²) in [4.78, 5) is 18.6. The van der Waals surface area contributed by atoms with Gasteiger partial charge < -0.3 is 14.7 Å². The lowest BCUT2D eigenvalue weighted by molar-refractivity contribution is -0.121. The predicted molar refractivity (Wildman–Crippen MR) is 108 cm³/mol. The predicted octanol–water partition coefficient (Wildman–Crippen LogP) is 3.36. The molecule has 28 heavy (non-hydrogen) atoms. The van der Waals surface area contributed by atoms with Crippen LogP contribution in [-0.4, -0.2) is 35.0 Å². The molecule has 1 aromatic heterocycles. The fourth-order valence-corrected chi connectivity index (χ4v) is 2.81. The normalized spacial score (nSPS) is 11.0. The molecule has 1 N–H and O–H groups in total. The summed E-state index contributed by atoms with van der Waals surface area (Å²) in [5.74, 6) is 0.986. The van der Waals surface area contributed by atoms with Gasteiger partial charge in [-0.2, -0.15) is 4.98 Å². The van der Waals surface area contributed by atoms with Gasteiger partial charge in [-0.3, -0.25) is 4.79 Å². The summed E-state index contributed by atoms with van der Waals surface area (Å²) in [6.45, 7) is 3.45. The second-order valence-corrected chi connectivity index (χ2v) is 7.21. The highest BCUT2D eigenvalue weighted by molar-refractivity contribution is 5.76. The number of nitrogens with one attached hydrogen (secondary N) is 1. The molecular formula is C22H26N4O2. The first-order valence-electron chi connectivity index (χ1n) is 9.38. The third kappa shape index (κ3) is 5.76. The summed E-state index contributed by atoms with van der Waals surface area (Å²) in [5, 5.41) is 6.93. The van der Waals surface area contributed by atoms with E-state index in [-0.39, 0.29) is 5.91 Å². The van der Waals surface area contributed by atoms with Crippen molar-refractivity contribution in [2.75, 3.05) is 14.1 Å². The number of aryl methyl sites for hydroxylation is 2. The maximum absolute atomic E-state index is 12.1. The molecule has 1 amide bonds. The first kappa shape index (κ1) is 19.8. The highest BCUT2D eigenvalue weighted by Gasteiger charge is 2.10. The Hall–Kier alpha value is -2.99. The van der Waals surface area contributed by atoms with Crippen LogP contribution in [-0.2, 0) is 24.3 Å². The molecule has 0 saturated carbocycles. The summed E-state index contributed by atoms with van der Waals surface area (Å²) in [6.07, 6.45) is 0.737.